The second kappa shape index (κ2) is 53.6. The van der Waals surface area contributed by atoms with E-state index in [-0.39, 0.29) is 46.0 Å². The van der Waals surface area contributed by atoms with Crippen LogP contribution in [-0.2, 0) is 38.4 Å². The van der Waals surface area contributed by atoms with Gasteiger partial charge in [-0.05, 0) is 49.9 Å². The summed E-state index contributed by atoms with van der Waals surface area (Å²) < 4.78 is 53.6. The minimum atomic E-state index is -0.867. The van der Waals surface area contributed by atoms with E-state index in [1.807, 2.05) is 24.3 Å². The molecule has 1 aliphatic carbocycles. The molecule has 0 saturated carbocycles. The van der Waals surface area contributed by atoms with E-state index in [4.69, 9.17) is 84.6 Å². The third-order valence-electron chi connectivity index (χ3n) is 20.1. The average molecular weight is 1570 g/mol. The Bertz CT molecular complexity index is 2940. The van der Waals surface area contributed by atoms with E-state index >= 15 is 0 Å². The highest BCUT2D eigenvalue weighted by Crippen LogP contribution is 2.54. The number of carbonyl (C=O) groups is 8. The highest BCUT2D eigenvalue weighted by Gasteiger charge is 2.37. The van der Waals surface area contributed by atoms with Crippen LogP contribution in [-0.4, -0.2) is 100 Å². The normalized spacial score (nSPS) is 14.2. The van der Waals surface area contributed by atoms with E-state index in [1.54, 1.807) is 24.3 Å². The molecule has 8 bridgehead atoms. The summed E-state index contributed by atoms with van der Waals surface area (Å²) in [6.07, 6.45) is 26.2. The molecule has 4 aromatic rings. The molecular formula is C80H128N16O16. The monoisotopic (exact) mass is 1570 g/mol. The third-order valence-corrected chi connectivity index (χ3v) is 20.1. The maximum atomic E-state index is 13.6. The number of nitrogens with two attached hydrogens (primary N) is 8. The number of carbonyl (C=O) groups excluding carboxylic acids is 8. The van der Waals surface area contributed by atoms with Crippen LogP contribution >= 0.6 is 0 Å². The lowest BCUT2D eigenvalue weighted by molar-refractivity contribution is -0.124. The Balaban J connectivity index is 2.32. The van der Waals surface area contributed by atoms with Crippen molar-refractivity contribution in [1.82, 2.24) is 43.4 Å². The van der Waals surface area contributed by atoms with Gasteiger partial charge < -0.3 is 37.9 Å². The Morgan fingerprint density at radius 3 is 0.464 bits per heavy atom. The first kappa shape index (κ1) is 93.3. The Morgan fingerprint density at radius 2 is 0.339 bits per heavy atom. The lowest BCUT2D eigenvalue weighted by Crippen LogP contribution is -2.35. The molecule has 0 spiro atoms. The highest BCUT2D eigenvalue weighted by atomic mass is 16.5. The number of amides is 8. The van der Waals surface area contributed by atoms with Gasteiger partial charge >= 0.3 is 0 Å². The lowest BCUT2D eigenvalue weighted by atomic mass is 9.76. The summed E-state index contributed by atoms with van der Waals surface area (Å²) in [5.41, 5.74) is 21.0. The van der Waals surface area contributed by atoms with E-state index in [0.29, 0.717) is 95.9 Å². The van der Waals surface area contributed by atoms with Crippen LogP contribution in [0.3, 0.4) is 0 Å². The SMILES string of the molecule is CCCCCCCCCC1c2cc(c(OCC(=O)NN)cc2OCC(=O)NN)C(CCCCCCCCC)c2cc(c(OCC(=O)NN)cc2OCC(=O)NN)C(CCCCCCCCC)c2cc(c(OCC(=O)NN)cc2OCC(=O)NN)C(CCCCCCCCC)c2cc1c(OCC(=O)NN)cc2OCC(=O)NN. The van der Waals surface area contributed by atoms with Crippen molar-refractivity contribution >= 4 is 47.3 Å². The van der Waals surface area contributed by atoms with Gasteiger partial charge in [0.15, 0.2) is 52.9 Å². The number of fused-ring (bicyclic) bond motifs is 8. The van der Waals surface area contributed by atoms with Gasteiger partial charge in [0.05, 0.1) is 0 Å². The summed E-state index contributed by atoms with van der Waals surface area (Å²) in [4.78, 5) is 109. The molecule has 0 heterocycles. The summed E-state index contributed by atoms with van der Waals surface area (Å²) in [7, 11) is 0. The maximum Gasteiger partial charge on any atom is 0.271 e. The van der Waals surface area contributed by atoms with Gasteiger partial charge in [0.2, 0.25) is 0 Å². The van der Waals surface area contributed by atoms with Gasteiger partial charge in [-0.3, -0.25) is 81.8 Å². The number of ether oxygens (including phenoxy) is 8. The van der Waals surface area contributed by atoms with Crippen molar-refractivity contribution in [2.75, 3.05) is 52.9 Å². The van der Waals surface area contributed by atoms with Crippen molar-refractivity contribution < 1.29 is 76.3 Å². The van der Waals surface area contributed by atoms with Gasteiger partial charge in [0.1, 0.15) is 46.0 Å². The summed E-state index contributed by atoms with van der Waals surface area (Å²) >= 11 is 0. The van der Waals surface area contributed by atoms with E-state index in [1.165, 1.54) is 0 Å². The molecule has 8 amide bonds. The van der Waals surface area contributed by atoms with Gasteiger partial charge in [0, 0.05) is 92.4 Å². The molecule has 24 N–H and O–H groups in total. The van der Waals surface area contributed by atoms with Crippen LogP contribution in [0.4, 0.5) is 0 Å². The lowest BCUT2D eigenvalue weighted by Gasteiger charge is -2.32. The molecule has 0 aromatic heterocycles. The van der Waals surface area contributed by atoms with Crippen LogP contribution in [0.1, 0.15) is 301 Å². The molecule has 1 aliphatic rings. The van der Waals surface area contributed by atoms with Gasteiger partial charge in [-0.25, -0.2) is 46.7 Å². The molecule has 0 radical (unpaired) electrons. The molecule has 4 aromatic carbocycles. The van der Waals surface area contributed by atoms with Crippen LogP contribution < -0.4 is 128 Å². The zero-order valence-corrected chi connectivity index (χ0v) is 66.4. The number of unbranched alkanes of at least 4 members (excludes halogenated alkanes) is 24. The topological polar surface area (TPSA) is 515 Å². The van der Waals surface area contributed by atoms with Crippen LogP contribution in [0.25, 0.3) is 0 Å². The van der Waals surface area contributed by atoms with Crippen molar-refractivity contribution in [3.05, 3.63) is 93.0 Å². The van der Waals surface area contributed by atoms with Crippen molar-refractivity contribution in [2.45, 2.75) is 257 Å². The highest BCUT2D eigenvalue weighted by molar-refractivity contribution is 5.81. The molecule has 624 valence electrons. The number of hydrogen-bond donors (Lipinski definition) is 16. The number of rotatable bonds is 56. The zero-order valence-electron chi connectivity index (χ0n) is 66.4. The summed E-state index contributed by atoms with van der Waals surface area (Å²) in [6, 6.07) is 14.1. The predicted octanol–water partition coefficient (Wildman–Crippen LogP) is 8.04. The van der Waals surface area contributed by atoms with E-state index in [2.05, 4.69) is 71.1 Å². The van der Waals surface area contributed by atoms with Gasteiger partial charge in [-0.15, -0.1) is 0 Å². The minimum absolute atomic E-state index is 0.0943. The summed E-state index contributed by atoms with van der Waals surface area (Å²) in [5.74, 6) is 38.0. The summed E-state index contributed by atoms with van der Waals surface area (Å²) in [5, 5.41) is 0. The predicted molar refractivity (Wildman–Crippen MR) is 426 cm³/mol. The average Bonchev–Trinajstić information content (AvgIpc) is 0.743. The summed E-state index contributed by atoms with van der Waals surface area (Å²) in [6.45, 7) is 3.58. The third kappa shape index (κ3) is 31.4. The quantitative estimate of drug-likeness (QED) is 0.00860. The largest absolute Gasteiger partial charge is 0.483 e. The molecule has 32 heteroatoms. The fourth-order valence-corrected chi connectivity index (χ4v) is 14.2. The number of hydrogen-bond acceptors (Lipinski definition) is 24. The van der Waals surface area contributed by atoms with E-state index in [9.17, 15) is 38.4 Å². The van der Waals surface area contributed by atoms with Gasteiger partial charge in [-0.2, -0.15) is 0 Å². The van der Waals surface area contributed by atoms with Crippen molar-refractivity contribution in [3.8, 4) is 46.0 Å². The Kier molecular flexibility index (Phi) is 44.7. The molecule has 0 aliphatic heterocycles. The van der Waals surface area contributed by atoms with Crippen LogP contribution in [0.5, 0.6) is 46.0 Å². The molecule has 0 unspecified atom stereocenters. The van der Waals surface area contributed by atoms with Crippen molar-refractivity contribution in [2.24, 2.45) is 46.7 Å². The minimum Gasteiger partial charge on any atom is -0.483 e. The standard InChI is InChI=1S/C80H128N16O16/c1-5-9-13-17-21-25-29-33-53-57-37-59(67(107-47-75(99)91-83)41-65(57)105-45-73(97)89-81)54(34-30-26-22-18-14-10-6-2)61-39-63(71(111-51-79(103)95-87)43-69(61)109-49-77(101)93-85)56(36-32-28-24-20-16-12-8-4)64-40-62(70(110-50-78(102)94-86)44-72(64)112-52-80(104)96-88)55(35-31-27-23-19-15-11-7-3)60-38-58(53)66(106-46-74(98)90-82)42-68(60)108-48-76(100)92-84/h37-44,53-56H,5-36,45-52,81-88H2,1-4H3,(H,89,97)(H,90,98)(H,91,99)(H,92,100)(H,93,101)(H,94,102)(H,95,103)(H,96,104). The smallest absolute Gasteiger partial charge is 0.271 e. The maximum absolute atomic E-state index is 13.6. The molecular weight excluding hydrogens is 1440 g/mol. The van der Waals surface area contributed by atoms with Crippen LogP contribution in [0, 0.1) is 0 Å². The second-order valence-corrected chi connectivity index (χ2v) is 28.4. The second-order valence-electron chi connectivity index (χ2n) is 28.4. The number of nitrogens with one attached hydrogen (secondary N) is 8. The molecule has 0 fully saturated rings. The van der Waals surface area contributed by atoms with E-state index < -0.39 is 124 Å². The van der Waals surface area contributed by atoms with Crippen molar-refractivity contribution in [3.63, 3.8) is 0 Å². The van der Waals surface area contributed by atoms with Crippen LogP contribution in [0.2, 0.25) is 0 Å². The molecule has 112 heavy (non-hydrogen) atoms. The fourth-order valence-electron chi connectivity index (χ4n) is 14.2. The van der Waals surface area contributed by atoms with Gasteiger partial charge in [0.25, 0.3) is 47.3 Å². The number of hydrazine groups is 8. The zero-order chi connectivity index (χ0) is 81.4. The Hall–Kier alpha value is -9.28. The first-order chi connectivity index (χ1) is 54.4. The molecule has 0 saturated heterocycles. The van der Waals surface area contributed by atoms with Gasteiger partial charge in [-0.1, -0.05) is 207 Å². The fraction of sp³-hybridized carbons (Fsp3) is 0.600. The molecule has 0 atom stereocenters. The van der Waals surface area contributed by atoms with E-state index in [0.717, 1.165) is 154 Å². The van der Waals surface area contributed by atoms with Crippen LogP contribution in [0.15, 0.2) is 48.5 Å². The van der Waals surface area contributed by atoms with Crippen molar-refractivity contribution in [1.29, 1.82) is 0 Å². The number of benzene rings is 4. The Labute approximate surface area is 659 Å². The first-order valence-electron chi connectivity index (χ1n) is 40.1. The molecule has 5 rings (SSSR count). The Morgan fingerprint density at radius 1 is 0.214 bits per heavy atom. The first-order valence-corrected chi connectivity index (χ1v) is 40.1. The molecule has 32 nitrogen and oxygen atoms in total.